The molecule has 0 radical (unpaired) electrons. The minimum atomic E-state index is -1.23. The summed E-state index contributed by atoms with van der Waals surface area (Å²) >= 11 is 12.9. The quantitative estimate of drug-likeness (QED) is 0.142. The molecule has 2 N–H and O–H groups in total. The zero-order valence-electron chi connectivity index (χ0n) is 33.1. The number of rotatable bonds is 12. The van der Waals surface area contributed by atoms with Crippen LogP contribution in [0.5, 0.6) is 11.5 Å². The summed E-state index contributed by atoms with van der Waals surface area (Å²) in [4.78, 5) is 47.7. The third-order valence-electron chi connectivity index (χ3n) is 11.2. The molecule has 4 aliphatic rings. The van der Waals surface area contributed by atoms with E-state index in [1.807, 2.05) is 12.1 Å². The van der Waals surface area contributed by atoms with Crippen LogP contribution in [0.4, 0.5) is 0 Å². The molecule has 4 aromatic rings. The number of aromatic carboxylic acids is 2. The summed E-state index contributed by atoms with van der Waals surface area (Å²) in [5, 5.41) is 23.9. The van der Waals surface area contributed by atoms with Gasteiger partial charge in [-0.05, 0) is 75.9 Å². The van der Waals surface area contributed by atoms with Gasteiger partial charge in [0.15, 0.2) is 10.9 Å². The molecular formula is C42H46Cl2N4O10. The third-order valence-corrected chi connectivity index (χ3v) is 11.8. The Balaban J connectivity index is 0.000000177. The summed E-state index contributed by atoms with van der Waals surface area (Å²) in [5.41, 5.74) is 3.06. The van der Waals surface area contributed by atoms with E-state index in [0.29, 0.717) is 59.4 Å². The van der Waals surface area contributed by atoms with Crippen LogP contribution in [0.15, 0.2) is 58.4 Å². The van der Waals surface area contributed by atoms with Crippen molar-refractivity contribution in [2.75, 3.05) is 50.7 Å². The molecule has 16 heteroatoms. The van der Waals surface area contributed by atoms with E-state index in [-0.39, 0.29) is 34.3 Å². The topological polar surface area (TPSA) is 162 Å². The Bertz CT molecular complexity index is 2260. The number of pyridine rings is 2. The number of nitrogens with zero attached hydrogens (tertiary/aromatic N) is 4. The largest absolute Gasteiger partial charge is 0.492 e. The van der Waals surface area contributed by atoms with Crippen molar-refractivity contribution in [2.24, 2.45) is 0 Å². The molecule has 0 spiro atoms. The molecule has 8 rings (SSSR count). The molecule has 308 valence electrons. The second-order valence-corrected chi connectivity index (χ2v) is 16.9. The molecule has 0 saturated carbocycles. The highest BCUT2D eigenvalue weighted by molar-refractivity contribution is 6.32. The first-order valence-corrected chi connectivity index (χ1v) is 19.7. The SMILES string of the molecule is COCCCOc1cc2c(cc1Cl)-c1cc(=O)c(C(=O)O)cn1N1C2CC1(C)C.COCCCOc1cc2c(cc1Cl)-c1cc(=O)c(C(=O)O)cn1N1[C@@H]2CC1(C)C. The Morgan fingerprint density at radius 3 is 1.36 bits per heavy atom. The van der Waals surface area contributed by atoms with Crippen molar-refractivity contribution in [3.63, 3.8) is 0 Å². The number of carboxylic acids is 2. The van der Waals surface area contributed by atoms with Crippen molar-refractivity contribution in [3.05, 3.63) is 102 Å². The molecule has 1 unspecified atom stereocenters. The van der Waals surface area contributed by atoms with Gasteiger partial charge in [0.25, 0.3) is 0 Å². The lowest BCUT2D eigenvalue weighted by Gasteiger charge is -2.60. The zero-order chi connectivity index (χ0) is 41.8. The van der Waals surface area contributed by atoms with E-state index in [1.165, 1.54) is 24.5 Å². The van der Waals surface area contributed by atoms with Gasteiger partial charge in [-0.25, -0.2) is 9.59 Å². The Morgan fingerprint density at radius 2 is 1.03 bits per heavy atom. The summed E-state index contributed by atoms with van der Waals surface area (Å²) in [6, 6.07) is 10.3. The predicted molar refractivity (Wildman–Crippen MR) is 219 cm³/mol. The lowest BCUT2D eigenvalue weighted by Crippen LogP contribution is -2.65. The molecule has 6 heterocycles. The van der Waals surface area contributed by atoms with Crippen LogP contribution in [0.25, 0.3) is 22.5 Å². The second-order valence-electron chi connectivity index (χ2n) is 16.1. The molecule has 2 atom stereocenters. The van der Waals surface area contributed by atoms with Gasteiger partial charge in [0, 0.05) is 75.9 Å². The van der Waals surface area contributed by atoms with Crippen LogP contribution in [-0.4, -0.2) is 83.2 Å². The average molecular weight is 838 g/mol. The number of carboxylic acid groups (broad SMARTS) is 2. The molecule has 2 aromatic heterocycles. The second kappa shape index (κ2) is 15.6. The maximum Gasteiger partial charge on any atom is 0.341 e. The Kier molecular flexibility index (Phi) is 11.1. The average Bonchev–Trinajstić information content (AvgIpc) is 3.15. The van der Waals surface area contributed by atoms with E-state index < -0.39 is 22.8 Å². The summed E-state index contributed by atoms with van der Waals surface area (Å²) in [6.45, 7) is 10.6. The van der Waals surface area contributed by atoms with E-state index in [0.717, 1.165) is 47.9 Å². The maximum absolute atomic E-state index is 12.4. The van der Waals surface area contributed by atoms with E-state index >= 15 is 0 Å². The fraction of sp³-hybridized carbons (Fsp3) is 0.429. The summed E-state index contributed by atoms with van der Waals surface area (Å²) in [7, 11) is 3.29. The summed E-state index contributed by atoms with van der Waals surface area (Å²) in [6.07, 6.45) is 6.11. The van der Waals surface area contributed by atoms with Gasteiger partial charge in [-0.2, -0.15) is 0 Å². The summed E-state index contributed by atoms with van der Waals surface area (Å²) < 4.78 is 25.4. The maximum atomic E-state index is 12.4. The van der Waals surface area contributed by atoms with E-state index in [2.05, 4.69) is 37.7 Å². The fourth-order valence-corrected chi connectivity index (χ4v) is 8.98. The summed E-state index contributed by atoms with van der Waals surface area (Å²) in [5.74, 6) is -1.26. The number of methoxy groups -OCH3 is 2. The highest BCUT2D eigenvalue weighted by atomic mass is 35.5. The predicted octanol–water partition coefficient (Wildman–Crippen LogP) is 6.91. The van der Waals surface area contributed by atoms with Crippen molar-refractivity contribution in [1.29, 1.82) is 0 Å². The molecule has 0 amide bonds. The minimum Gasteiger partial charge on any atom is -0.492 e. The van der Waals surface area contributed by atoms with Gasteiger partial charge >= 0.3 is 11.9 Å². The molecule has 2 aromatic carbocycles. The van der Waals surface area contributed by atoms with Crippen molar-refractivity contribution >= 4 is 35.1 Å². The van der Waals surface area contributed by atoms with Crippen molar-refractivity contribution in [1.82, 2.24) is 9.35 Å². The van der Waals surface area contributed by atoms with Crippen LogP contribution in [0.3, 0.4) is 0 Å². The molecule has 14 nitrogen and oxygen atoms in total. The fourth-order valence-electron chi connectivity index (χ4n) is 8.54. The van der Waals surface area contributed by atoms with Crippen LogP contribution >= 0.6 is 23.2 Å². The lowest BCUT2D eigenvalue weighted by atomic mass is 9.76. The first kappa shape index (κ1) is 41.2. The number of benzene rings is 2. The van der Waals surface area contributed by atoms with Crippen LogP contribution in [-0.2, 0) is 9.47 Å². The number of aromatic nitrogens is 2. The molecule has 0 bridgehead atoms. The van der Waals surface area contributed by atoms with Crippen LogP contribution in [0.1, 0.15) is 97.3 Å². The number of fused-ring (bicyclic) bond motifs is 12. The van der Waals surface area contributed by atoms with Crippen molar-refractivity contribution in [2.45, 2.75) is 76.5 Å². The molecular weight excluding hydrogens is 791 g/mol. The standard InChI is InChI=1S/2C21H23ClN2O5/c2*1-21(2)10-17-13-8-19(29-6-4-5-28-3)15(22)7-12(13)16-9-18(25)14(20(26)27)11-23(16)24(17)21/h2*7-9,11,17H,4-6,10H2,1-3H3,(H,26,27)/t17-;/m1./s1. The highest BCUT2D eigenvalue weighted by Gasteiger charge is 2.51. The molecule has 58 heavy (non-hydrogen) atoms. The van der Waals surface area contributed by atoms with E-state index in [9.17, 15) is 29.4 Å². The van der Waals surface area contributed by atoms with Gasteiger partial charge in [0.2, 0.25) is 0 Å². The van der Waals surface area contributed by atoms with Crippen molar-refractivity contribution < 1.29 is 38.7 Å². The number of carbonyl (C=O) groups is 2. The monoisotopic (exact) mass is 836 g/mol. The van der Waals surface area contributed by atoms with Crippen LogP contribution < -0.4 is 30.3 Å². The lowest BCUT2D eigenvalue weighted by molar-refractivity contribution is 0.0682. The van der Waals surface area contributed by atoms with Gasteiger partial charge in [0.05, 0.1) is 57.8 Å². The van der Waals surface area contributed by atoms with Gasteiger partial charge in [-0.15, -0.1) is 0 Å². The Morgan fingerprint density at radius 1 is 0.655 bits per heavy atom. The Hall–Kier alpha value is -5.02. The molecule has 4 aliphatic heterocycles. The van der Waals surface area contributed by atoms with Crippen LogP contribution in [0.2, 0.25) is 10.0 Å². The van der Waals surface area contributed by atoms with Gasteiger partial charge in [-0.1, -0.05) is 23.2 Å². The van der Waals surface area contributed by atoms with Gasteiger partial charge < -0.3 is 29.2 Å². The van der Waals surface area contributed by atoms with Gasteiger partial charge in [0.1, 0.15) is 22.6 Å². The van der Waals surface area contributed by atoms with E-state index in [1.54, 1.807) is 35.7 Å². The number of hydrogen-bond acceptors (Lipinski definition) is 10. The highest BCUT2D eigenvalue weighted by Crippen LogP contribution is 2.54. The number of ether oxygens (including phenoxy) is 4. The zero-order valence-corrected chi connectivity index (χ0v) is 34.6. The van der Waals surface area contributed by atoms with Crippen molar-refractivity contribution in [3.8, 4) is 34.0 Å². The first-order chi connectivity index (χ1) is 27.5. The molecule has 0 aliphatic carbocycles. The van der Waals surface area contributed by atoms with E-state index in [4.69, 9.17) is 42.1 Å². The smallest absolute Gasteiger partial charge is 0.341 e. The number of halogens is 2. The third kappa shape index (κ3) is 7.20. The molecule has 2 fully saturated rings. The first-order valence-electron chi connectivity index (χ1n) is 19.0. The minimum absolute atomic E-state index is 0.0511. The Labute approximate surface area is 344 Å². The van der Waals surface area contributed by atoms with Gasteiger partial charge in [-0.3, -0.25) is 29.0 Å². The normalized spacial score (nSPS) is 18.3. The molecule has 2 saturated heterocycles. The number of hydrogen-bond donors (Lipinski definition) is 2. The van der Waals surface area contributed by atoms with Crippen LogP contribution in [0, 0.1) is 0 Å².